The molecule has 2 saturated heterocycles. The molecule has 0 radical (unpaired) electrons. The number of para-hydroxylation sites is 2. The highest BCUT2D eigenvalue weighted by Crippen LogP contribution is 2.29. The maximum Gasteiger partial charge on any atom is 0.227 e. The molecule has 23 heavy (non-hydrogen) atoms. The van der Waals surface area contributed by atoms with Gasteiger partial charge in [0, 0.05) is 25.0 Å². The first-order chi connectivity index (χ1) is 11.1. The van der Waals surface area contributed by atoms with E-state index in [4.69, 9.17) is 0 Å². The van der Waals surface area contributed by atoms with Crippen LogP contribution in [-0.2, 0) is 4.79 Å². The molecule has 0 aliphatic carbocycles. The van der Waals surface area contributed by atoms with Crippen LogP contribution in [0.3, 0.4) is 0 Å². The fourth-order valence-corrected chi connectivity index (χ4v) is 3.57. The van der Waals surface area contributed by atoms with Crippen molar-refractivity contribution in [3.8, 4) is 0 Å². The van der Waals surface area contributed by atoms with Gasteiger partial charge in [-0.1, -0.05) is 12.1 Å². The van der Waals surface area contributed by atoms with Crippen molar-refractivity contribution in [1.29, 1.82) is 0 Å². The molecule has 3 N–H and O–H groups in total. The molecule has 126 valence electrons. The van der Waals surface area contributed by atoms with E-state index in [0.29, 0.717) is 6.04 Å². The minimum absolute atomic E-state index is 0.0856. The Kier molecular flexibility index (Phi) is 5.18. The summed E-state index contributed by atoms with van der Waals surface area (Å²) in [6, 6.07) is 8.39. The zero-order valence-electron chi connectivity index (χ0n) is 13.8. The number of carbonyl (C=O) groups excluding carboxylic acids is 1. The maximum absolute atomic E-state index is 12.6. The molecule has 2 heterocycles. The first-order valence-electron chi connectivity index (χ1n) is 8.70. The van der Waals surface area contributed by atoms with Gasteiger partial charge in [-0.3, -0.25) is 4.79 Å². The van der Waals surface area contributed by atoms with Gasteiger partial charge in [0.2, 0.25) is 5.91 Å². The number of rotatable bonds is 3. The van der Waals surface area contributed by atoms with Gasteiger partial charge in [-0.25, -0.2) is 0 Å². The van der Waals surface area contributed by atoms with E-state index in [1.165, 1.54) is 0 Å². The van der Waals surface area contributed by atoms with Gasteiger partial charge < -0.3 is 20.6 Å². The molecular formula is C18H27N3O2. The number of benzene rings is 1. The third kappa shape index (κ3) is 4.03. The molecule has 2 fully saturated rings. The van der Waals surface area contributed by atoms with Crippen LogP contribution < -0.4 is 15.5 Å². The lowest BCUT2D eigenvalue weighted by Gasteiger charge is -2.33. The molecule has 0 spiro atoms. The Hall–Kier alpha value is -1.59. The predicted molar refractivity (Wildman–Crippen MR) is 92.7 cm³/mol. The summed E-state index contributed by atoms with van der Waals surface area (Å²) in [5.41, 5.74) is 1.95. The number of aliphatic hydroxyl groups is 1. The van der Waals surface area contributed by atoms with Crippen molar-refractivity contribution >= 4 is 17.3 Å². The molecular weight excluding hydrogens is 290 g/mol. The van der Waals surface area contributed by atoms with Crippen LogP contribution in [0.15, 0.2) is 24.3 Å². The van der Waals surface area contributed by atoms with Crippen molar-refractivity contribution in [3.63, 3.8) is 0 Å². The monoisotopic (exact) mass is 317 g/mol. The normalized spacial score (nSPS) is 26.1. The molecule has 2 aliphatic rings. The van der Waals surface area contributed by atoms with Gasteiger partial charge in [0.15, 0.2) is 0 Å². The minimum atomic E-state index is -0.191. The number of nitrogens with one attached hydrogen (secondary N) is 2. The van der Waals surface area contributed by atoms with Crippen LogP contribution >= 0.6 is 0 Å². The lowest BCUT2D eigenvalue weighted by Crippen LogP contribution is -2.40. The molecule has 0 bridgehead atoms. The summed E-state index contributed by atoms with van der Waals surface area (Å²) < 4.78 is 0. The molecule has 3 rings (SSSR count). The standard InChI is InChI=1S/C18H27N3O2/c1-13-12-14(6-9-19-13)18(23)20-16-4-2-3-5-17(16)21-10-7-15(22)8-11-21/h2-5,13-15,19,22H,6-12H2,1H3,(H,20,23)/t13-,14-/m0/s1. The average molecular weight is 317 g/mol. The van der Waals surface area contributed by atoms with E-state index in [9.17, 15) is 9.90 Å². The second kappa shape index (κ2) is 7.32. The Morgan fingerprint density at radius 2 is 2.00 bits per heavy atom. The first kappa shape index (κ1) is 16.3. The number of piperidine rings is 2. The Balaban J connectivity index is 1.69. The van der Waals surface area contributed by atoms with Crippen LogP contribution in [0.5, 0.6) is 0 Å². The van der Waals surface area contributed by atoms with E-state index in [1.54, 1.807) is 0 Å². The first-order valence-corrected chi connectivity index (χ1v) is 8.70. The zero-order chi connectivity index (χ0) is 16.2. The molecule has 2 atom stereocenters. The molecule has 1 amide bonds. The minimum Gasteiger partial charge on any atom is -0.393 e. The molecule has 5 nitrogen and oxygen atoms in total. The van der Waals surface area contributed by atoms with Crippen molar-refractivity contribution in [2.45, 2.75) is 44.8 Å². The predicted octanol–water partition coefficient (Wildman–Crippen LogP) is 1.97. The van der Waals surface area contributed by atoms with Crippen LogP contribution in [0, 0.1) is 5.92 Å². The Morgan fingerprint density at radius 3 is 2.74 bits per heavy atom. The number of amides is 1. The summed E-state index contributed by atoms with van der Waals surface area (Å²) in [6.07, 6.45) is 3.17. The number of hydrogen-bond donors (Lipinski definition) is 3. The summed E-state index contributed by atoms with van der Waals surface area (Å²) in [4.78, 5) is 14.9. The summed E-state index contributed by atoms with van der Waals surface area (Å²) >= 11 is 0. The zero-order valence-corrected chi connectivity index (χ0v) is 13.8. The molecule has 0 aromatic heterocycles. The quantitative estimate of drug-likeness (QED) is 0.797. The lowest BCUT2D eigenvalue weighted by molar-refractivity contribution is -0.120. The average Bonchev–Trinajstić information content (AvgIpc) is 2.56. The largest absolute Gasteiger partial charge is 0.393 e. The Bertz CT molecular complexity index is 541. The Morgan fingerprint density at radius 1 is 1.26 bits per heavy atom. The molecule has 2 aliphatic heterocycles. The van der Waals surface area contributed by atoms with Gasteiger partial charge in [0.1, 0.15) is 0 Å². The highest BCUT2D eigenvalue weighted by atomic mass is 16.3. The van der Waals surface area contributed by atoms with Gasteiger partial charge in [-0.15, -0.1) is 0 Å². The fourth-order valence-electron chi connectivity index (χ4n) is 3.57. The number of carbonyl (C=O) groups is 1. The number of aliphatic hydroxyl groups excluding tert-OH is 1. The van der Waals surface area contributed by atoms with Crippen LogP contribution in [-0.4, -0.2) is 42.8 Å². The summed E-state index contributed by atoms with van der Waals surface area (Å²) in [7, 11) is 0. The van der Waals surface area contributed by atoms with Crippen LogP contribution in [0.2, 0.25) is 0 Å². The van der Waals surface area contributed by atoms with E-state index >= 15 is 0 Å². The molecule has 0 unspecified atom stereocenters. The van der Waals surface area contributed by atoms with Crippen molar-refractivity contribution in [1.82, 2.24) is 5.32 Å². The van der Waals surface area contributed by atoms with Crippen LogP contribution in [0.1, 0.15) is 32.6 Å². The number of anilines is 2. The molecule has 1 aromatic carbocycles. The van der Waals surface area contributed by atoms with Gasteiger partial charge in [-0.05, 0) is 51.3 Å². The molecule has 5 heteroatoms. The lowest BCUT2D eigenvalue weighted by atomic mass is 9.92. The van der Waals surface area contributed by atoms with E-state index in [2.05, 4.69) is 28.5 Å². The van der Waals surface area contributed by atoms with Gasteiger partial charge in [0.25, 0.3) is 0 Å². The van der Waals surface area contributed by atoms with Gasteiger partial charge in [-0.2, -0.15) is 0 Å². The summed E-state index contributed by atoms with van der Waals surface area (Å²) in [5, 5.41) is 16.2. The molecule has 0 saturated carbocycles. The highest BCUT2D eigenvalue weighted by molar-refractivity contribution is 5.96. The van der Waals surface area contributed by atoms with E-state index in [1.807, 2.05) is 18.2 Å². The summed E-state index contributed by atoms with van der Waals surface area (Å²) in [6.45, 7) is 4.70. The second-order valence-electron chi connectivity index (χ2n) is 6.80. The third-order valence-corrected chi connectivity index (χ3v) is 4.96. The topological polar surface area (TPSA) is 64.6 Å². The van der Waals surface area contributed by atoms with E-state index < -0.39 is 0 Å². The van der Waals surface area contributed by atoms with Crippen molar-refractivity contribution in [2.24, 2.45) is 5.92 Å². The Labute approximate surface area is 138 Å². The molecule has 1 aromatic rings. The van der Waals surface area contributed by atoms with Crippen molar-refractivity contribution in [2.75, 3.05) is 29.9 Å². The van der Waals surface area contributed by atoms with Crippen LogP contribution in [0.4, 0.5) is 11.4 Å². The van der Waals surface area contributed by atoms with Crippen molar-refractivity contribution < 1.29 is 9.90 Å². The SMILES string of the molecule is C[C@H]1C[C@@H](C(=O)Nc2ccccc2N2CCC(O)CC2)CCN1. The van der Waals surface area contributed by atoms with Gasteiger partial charge >= 0.3 is 0 Å². The maximum atomic E-state index is 12.6. The third-order valence-electron chi connectivity index (χ3n) is 4.96. The second-order valence-corrected chi connectivity index (χ2v) is 6.80. The smallest absolute Gasteiger partial charge is 0.227 e. The van der Waals surface area contributed by atoms with E-state index in [-0.39, 0.29) is 17.9 Å². The number of nitrogens with zero attached hydrogens (tertiary/aromatic N) is 1. The van der Waals surface area contributed by atoms with Crippen LogP contribution in [0.25, 0.3) is 0 Å². The van der Waals surface area contributed by atoms with Crippen molar-refractivity contribution in [3.05, 3.63) is 24.3 Å². The number of hydrogen-bond acceptors (Lipinski definition) is 4. The van der Waals surface area contributed by atoms with E-state index in [0.717, 1.165) is 56.7 Å². The fraction of sp³-hybridized carbons (Fsp3) is 0.611. The van der Waals surface area contributed by atoms with Gasteiger partial charge in [0.05, 0.1) is 17.5 Å². The highest BCUT2D eigenvalue weighted by Gasteiger charge is 2.26. The summed E-state index contributed by atoms with van der Waals surface area (Å²) in [5.74, 6) is 0.213.